The van der Waals surface area contributed by atoms with Crippen LogP contribution in [0.5, 0.6) is 0 Å². The Morgan fingerprint density at radius 3 is 2.48 bits per heavy atom. The molecule has 1 aliphatic carbocycles. The molecule has 0 aliphatic heterocycles. The Hall–Kier alpha value is -0.660. The molecule has 0 heterocycles. The Balaban J connectivity index is 2.28. The van der Waals surface area contributed by atoms with Crippen LogP contribution in [-0.4, -0.2) is 20.5 Å². The third-order valence-corrected chi connectivity index (χ3v) is 5.32. The van der Waals surface area contributed by atoms with Crippen molar-refractivity contribution in [2.75, 3.05) is 0 Å². The van der Waals surface area contributed by atoms with E-state index in [0.29, 0.717) is 0 Å². The molecule has 21 heavy (non-hydrogen) atoms. The average Bonchev–Trinajstić information content (AvgIpc) is 2.38. The lowest BCUT2D eigenvalue weighted by atomic mass is 9.98. The molecule has 0 amide bonds. The number of benzene rings is 1. The number of ether oxygens (including phenoxy) is 1. The van der Waals surface area contributed by atoms with Crippen molar-refractivity contribution in [3.05, 3.63) is 28.0 Å². The van der Waals surface area contributed by atoms with Crippen LogP contribution in [0.1, 0.15) is 42.5 Å². The third-order valence-electron chi connectivity index (χ3n) is 3.33. The first-order chi connectivity index (χ1) is 9.79. The summed E-state index contributed by atoms with van der Waals surface area (Å²) in [5, 5.41) is 0. The topological polar surface area (TPSA) is 60.4 Å². The zero-order valence-corrected chi connectivity index (χ0v) is 14.1. The molecular weight excluding hydrogens is 387 g/mol. The molecule has 0 unspecified atom stereocenters. The lowest BCUT2D eigenvalue weighted by Gasteiger charge is -2.22. The van der Waals surface area contributed by atoms with Crippen molar-refractivity contribution in [1.29, 1.82) is 0 Å². The molecule has 1 aromatic carbocycles. The summed E-state index contributed by atoms with van der Waals surface area (Å²) in [5.74, 6) is -1.71. The molecule has 0 radical (unpaired) electrons. The molecule has 1 saturated carbocycles. The standard InChI is InChI=1S/C13H13BrClFO4S/c14-10-7-11(16)12(21(15,18)19)6-9(10)13(17)20-8-4-2-1-3-5-8/h6-8H,1-5H2. The lowest BCUT2D eigenvalue weighted by Crippen LogP contribution is -2.21. The number of hydrogen-bond acceptors (Lipinski definition) is 4. The minimum Gasteiger partial charge on any atom is -0.459 e. The molecule has 0 N–H and O–H groups in total. The molecule has 0 bridgehead atoms. The molecule has 1 aromatic rings. The Kier molecular flexibility index (Phi) is 5.27. The van der Waals surface area contributed by atoms with E-state index >= 15 is 0 Å². The number of esters is 1. The highest BCUT2D eigenvalue weighted by Crippen LogP contribution is 2.28. The van der Waals surface area contributed by atoms with E-state index in [4.69, 9.17) is 15.4 Å². The van der Waals surface area contributed by atoms with Gasteiger partial charge in [-0.3, -0.25) is 0 Å². The first-order valence-electron chi connectivity index (χ1n) is 6.43. The fraction of sp³-hybridized carbons (Fsp3) is 0.462. The largest absolute Gasteiger partial charge is 0.459 e. The summed E-state index contributed by atoms with van der Waals surface area (Å²) >= 11 is 3.03. The highest BCUT2D eigenvalue weighted by Gasteiger charge is 2.24. The van der Waals surface area contributed by atoms with E-state index in [2.05, 4.69) is 15.9 Å². The maximum absolute atomic E-state index is 13.6. The summed E-state index contributed by atoms with van der Waals surface area (Å²) in [7, 11) is 0.879. The van der Waals surface area contributed by atoms with Gasteiger partial charge in [-0.05, 0) is 53.7 Å². The van der Waals surface area contributed by atoms with Gasteiger partial charge in [0.25, 0.3) is 9.05 Å². The zero-order chi connectivity index (χ0) is 15.6. The first-order valence-corrected chi connectivity index (χ1v) is 9.54. The summed E-state index contributed by atoms with van der Waals surface area (Å²) in [5.41, 5.74) is -0.0544. The molecule has 0 saturated heterocycles. The Morgan fingerprint density at radius 2 is 1.90 bits per heavy atom. The van der Waals surface area contributed by atoms with Crippen LogP contribution in [-0.2, 0) is 13.8 Å². The van der Waals surface area contributed by atoms with Gasteiger partial charge >= 0.3 is 5.97 Å². The molecule has 0 aromatic heterocycles. The second-order valence-electron chi connectivity index (χ2n) is 4.87. The minimum atomic E-state index is -4.27. The Labute approximate surface area is 135 Å². The van der Waals surface area contributed by atoms with Crippen LogP contribution >= 0.6 is 26.6 Å². The van der Waals surface area contributed by atoms with Crippen LogP contribution in [0.2, 0.25) is 0 Å². The van der Waals surface area contributed by atoms with Crippen molar-refractivity contribution >= 4 is 41.6 Å². The van der Waals surface area contributed by atoms with Crippen LogP contribution in [0.25, 0.3) is 0 Å². The average molecular weight is 400 g/mol. The van der Waals surface area contributed by atoms with Gasteiger partial charge in [0, 0.05) is 15.2 Å². The smallest absolute Gasteiger partial charge is 0.339 e. The number of rotatable bonds is 3. The zero-order valence-electron chi connectivity index (χ0n) is 10.9. The summed E-state index contributed by atoms with van der Waals surface area (Å²) in [6, 6.07) is 1.79. The fourth-order valence-electron chi connectivity index (χ4n) is 2.27. The van der Waals surface area contributed by atoms with Gasteiger partial charge < -0.3 is 4.74 Å². The van der Waals surface area contributed by atoms with Crippen molar-refractivity contribution in [3.8, 4) is 0 Å². The van der Waals surface area contributed by atoms with Gasteiger partial charge in [0.1, 0.15) is 16.8 Å². The normalized spacial score (nSPS) is 16.7. The maximum Gasteiger partial charge on any atom is 0.339 e. The van der Waals surface area contributed by atoms with Crippen LogP contribution in [0.4, 0.5) is 4.39 Å². The molecule has 8 heteroatoms. The Bertz CT molecular complexity index is 656. The van der Waals surface area contributed by atoms with Crippen molar-refractivity contribution in [2.45, 2.75) is 43.1 Å². The van der Waals surface area contributed by atoms with E-state index in [1.165, 1.54) is 0 Å². The van der Waals surface area contributed by atoms with Gasteiger partial charge in [-0.2, -0.15) is 0 Å². The molecule has 116 valence electrons. The molecule has 1 fully saturated rings. The number of hydrogen-bond donors (Lipinski definition) is 0. The van der Waals surface area contributed by atoms with Crippen LogP contribution in [0.15, 0.2) is 21.5 Å². The van der Waals surface area contributed by atoms with Crippen LogP contribution in [0, 0.1) is 5.82 Å². The first kappa shape index (κ1) is 16.7. The maximum atomic E-state index is 13.6. The predicted octanol–water partition coefficient (Wildman–Crippen LogP) is 4.01. The van der Waals surface area contributed by atoms with E-state index in [1.807, 2.05) is 0 Å². The molecule has 0 atom stereocenters. The van der Waals surface area contributed by atoms with E-state index in [0.717, 1.165) is 44.2 Å². The fourth-order valence-corrected chi connectivity index (χ4v) is 3.65. The van der Waals surface area contributed by atoms with Gasteiger partial charge in [-0.25, -0.2) is 17.6 Å². The molecular formula is C13H13BrClFO4S. The highest BCUT2D eigenvalue weighted by atomic mass is 79.9. The van der Waals surface area contributed by atoms with E-state index in [1.54, 1.807) is 0 Å². The van der Waals surface area contributed by atoms with Crippen molar-refractivity contribution in [2.24, 2.45) is 0 Å². The van der Waals surface area contributed by atoms with E-state index in [-0.39, 0.29) is 16.1 Å². The van der Waals surface area contributed by atoms with Gasteiger partial charge in [0.15, 0.2) is 0 Å². The summed E-state index contributed by atoms with van der Waals surface area (Å²) < 4.78 is 41.6. The number of halogens is 3. The van der Waals surface area contributed by atoms with Crippen molar-refractivity contribution in [3.63, 3.8) is 0 Å². The second-order valence-corrected chi connectivity index (χ2v) is 8.25. The molecule has 2 rings (SSSR count). The monoisotopic (exact) mass is 398 g/mol. The summed E-state index contributed by atoms with van der Waals surface area (Å²) in [4.78, 5) is 11.4. The Morgan fingerprint density at radius 1 is 1.29 bits per heavy atom. The van der Waals surface area contributed by atoms with Gasteiger partial charge in [-0.1, -0.05) is 6.42 Å². The second kappa shape index (κ2) is 6.62. The lowest BCUT2D eigenvalue weighted by molar-refractivity contribution is 0.0209. The van der Waals surface area contributed by atoms with Gasteiger partial charge in [0.05, 0.1) is 5.56 Å². The highest BCUT2D eigenvalue weighted by molar-refractivity contribution is 9.10. The number of carbonyl (C=O) groups is 1. The van der Waals surface area contributed by atoms with Crippen LogP contribution < -0.4 is 0 Å². The number of carbonyl (C=O) groups excluding carboxylic acids is 1. The van der Waals surface area contributed by atoms with Crippen molar-refractivity contribution in [1.82, 2.24) is 0 Å². The minimum absolute atomic E-state index is 0.0544. The van der Waals surface area contributed by atoms with E-state index < -0.39 is 25.7 Å². The SMILES string of the molecule is O=C(OC1CCCCC1)c1cc(S(=O)(=O)Cl)c(F)cc1Br. The van der Waals surface area contributed by atoms with Gasteiger partial charge in [-0.15, -0.1) is 0 Å². The van der Waals surface area contributed by atoms with Gasteiger partial charge in [0.2, 0.25) is 0 Å². The quantitative estimate of drug-likeness (QED) is 0.569. The predicted molar refractivity (Wildman–Crippen MR) is 79.4 cm³/mol. The summed E-state index contributed by atoms with van der Waals surface area (Å²) in [6.07, 6.45) is 4.48. The molecule has 1 aliphatic rings. The third kappa shape index (κ3) is 4.17. The van der Waals surface area contributed by atoms with Crippen molar-refractivity contribution < 1.29 is 22.3 Å². The van der Waals surface area contributed by atoms with Crippen LogP contribution in [0.3, 0.4) is 0 Å². The molecule has 4 nitrogen and oxygen atoms in total. The summed E-state index contributed by atoms with van der Waals surface area (Å²) in [6.45, 7) is 0. The van der Waals surface area contributed by atoms with E-state index in [9.17, 15) is 17.6 Å². The molecule has 0 spiro atoms.